The van der Waals surface area contributed by atoms with Gasteiger partial charge in [-0.15, -0.1) is 0 Å². The first kappa shape index (κ1) is 12.1. The van der Waals surface area contributed by atoms with Gasteiger partial charge in [0.25, 0.3) is 0 Å². The van der Waals surface area contributed by atoms with E-state index in [-0.39, 0.29) is 0 Å². The van der Waals surface area contributed by atoms with Crippen LogP contribution in [0.1, 0.15) is 38.2 Å². The van der Waals surface area contributed by atoms with E-state index in [0.717, 1.165) is 31.0 Å². The molecule has 1 heterocycles. The summed E-state index contributed by atoms with van der Waals surface area (Å²) in [5.74, 6) is 1.93. The average molecular weight is 207 g/mol. The van der Waals surface area contributed by atoms with Crippen molar-refractivity contribution in [2.75, 3.05) is 13.1 Å². The highest BCUT2D eigenvalue weighted by Gasteiger charge is 1.98. The maximum absolute atomic E-state index is 5.52. The van der Waals surface area contributed by atoms with E-state index in [1.54, 1.807) is 0 Å². The lowest BCUT2D eigenvalue weighted by Gasteiger charge is -2.05. The van der Waals surface area contributed by atoms with Crippen LogP contribution in [-0.4, -0.2) is 13.1 Å². The van der Waals surface area contributed by atoms with Gasteiger partial charge in [-0.05, 0) is 44.5 Å². The first-order valence-corrected chi connectivity index (χ1v) is 5.72. The van der Waals surface area contributed by atoms with Crippen LogP contribution in [0.2, 0.25) is 0 Å². The number of hydrogen-bond donors (Lipinski definition) is 1. The van der Waals surface area contributed by atoms with Crippen molar-refractivity contribution in [1.29, 1.82) is 0 Å². The predicted octanol–water partition coefficient (Wildman–Crippen LogP) is 3.38. The van der Waals surface area contributed by atoms with Crippen molar-refractivity contribution in [2.24, 2.45) is 0 Å². The summed E-state index contributed by atoms with van der Waals surface area (Å²) in [7, 11) is 0. The molecule has 0 aliphatic rings. The van der Waals surface area contributed by atoms with Gasteiger partial charge in [-0.1, -0.05) is 19.4 Å². The number of nitrogens with one attached hydrogen (secondary N) is 1. The van der Waals surface area contributed by atoms with Gasteiger partial charge in [-0.25, -0.2) is 0 Å². The van der Waals surface area contributed by atoms with Crippen LogP contribution >= 0.6 is 0 Å². The van der Waals surface area contributed by atoms with Gasteiger partial charge in [0, 0.05) is 6.54 Å². The van der Waals surface area contributed by atoms with E-state index in [1.165, 1.54) is 12.0 Å². The van der Waals surface area contributed by atoms with E-state index in [1.807, 2.05) is 19.1 Å². The van der Waals surface area contributed by atoms with Crippen molar-refractivity contribution in [3.05, 3.63) is 29.2 Å². The minimum absolute atomic E-state index is 0.961. The van der Waals surface area contributed by atoms with Crippen LogP contribution in [0.25, 0.3) is 6.08 Å². The molecule has 0 radical (unpaired) electrons. The monoisotopic (exact) mass is 207 g/mol. The summed E-state index contributed by atoms with van der Waals surface area (Å²) in [6, 6.07) is 4.02. The van der Waals surface area contributed by atoms with Crippen LogP contribution in [0.15, 0.2) is 22.1 Å². The van der Waals surface area contributed by atoms with Gasteiger partial charge in [0.1, 0.15) is 11.5 Å². The van der Waals surface area contributed by atoms with Crippen molar-refractivity contribution >= 4 is 6.08 Å². The highest BCUT2D eigenvalue weighted by Crippen LogP contribution is 2.12. The Kier molecular flexibility index (Phi) is 5.19. The van der Waals surface area contributed by atoms with Crippen molar-refractivity contribution in [3.63, 3.8) is 0 Å². The van der Waals surface area contributed by atoms with E-state index >= 15 is 0 Å². The van der Waals surface area contributed by atoms with Crippen molar-refractivity contribution in [3.8, 4) is 0 Å². The highest BCUT2D eigenvalue weighted by atomic mass is 16.3. The molecule has 0 aromatic carbocycles. The zero-order valence-corrected chi connectivity index (χ0v) is 9.97. The average Bonchev–Trinajstić information content (AvgIpc) is 2.63. The minimum Gasteiger partial charge on any atom is -0.462 e. The Hall–Kier alpha value is -1.02. The number of aryl methyl sites for hydroxylation is 1. The van der Waals surface area contributed by atoms with Crippen molar-refractivity contribution in [2.45, 2.75) is 33.6 Å². The molecule has 0 unspecified atom stereocenters. The van der Waals surface area contributed by atoms with Gasteiger partial charge in [-0.2, -0.15) is 0 Å². The summed E-state index contributed by atoms with van der Waals surface area (Å²) >= 11 is 0. The van der Waals surface area contributed by atoms with Crippen LogP contribution in [0.4, 0.5) is 0 Å². The smallest absolute Gasteiger partial charge is 0.127 e. The predicted molar refractivity (Wildman–Crippen MR) is 64.9 cm³/mol. The SMILES string of the molecule is CCCNCC(=Cc1ccc(C)o1)CC. The Labute approximate surface area is 92.4 Å². The molecule has 2 heteroatoms. The van der Waals surface area contributed by atoms with Gasteiger partial charge < -0.3 is 9.73 Å². The molecular formula is C13H21NO. The summed E-state index contributed by atoms with van der Waals surface area (Å²) in [4.78, 5) is 0. The molecule has 0 saturated carbocycles. The maximum atomic E-state index is 5.52. The summed E-state index contributed by atoms with van der Waals surface area (Å²) in [6.07, 6.45) is 4.38. The van der Waals surface area contributed by atoms with Crippen LogP contribution < -0.4 is 5.32 Å². The lowest BCUT2D eigenvalue weighted by atomic mass is 10.1. The second kappa shape index (κ2) is 6.46. The van der Waals surface area contributed by atoms with Crippen LogP contribution in [0.5, 0.6) is 0 Å². The Morgan fingerprint density at radius 2 is 2.20 bits per heavy atom. The Morgan fingerprint density at radius 1 is 1.40 bits per heavy atom. The van der Waals surface area contributed by atoms with Gasteiger partial charge in [0.15, 0.2) is 0 Å². The molecular weight excluding hydrogens is 186 g/mol. The minimum atomic E-state index is 0.961. The molecule has 15 heavy (non-hydrogen) atoms. The fourth-order valence-electron chi connectivity index (χ4n) is 1.44. The van der Waals surface area contributed by atoms with Crippen molar-refractivity contribution in [1.82, 2.24) is 5.32 Å². The summed E-state index contributed by atoms with van der Waals surface area (Å²) < 4.78 is 5.52. The Balaban J connectivity index is 2.53. The lowest BCUT2D eigenvalue weighted by molar-refractivity contribution is 0.524. The van der Waals surface area contributed by atoms with E-state index < -0.39 is 0 Å². The molecule has 0 aliphatic carbocycles. The maximum Gasteiger partial charge on any atom is 0.127 e. The van der Waals surface area contributed by atoms with Crippen LogP contribution in [0, 0.1) is 6.92 Å². The number of furan rings is 1. The van der Waals surface area contributed by atoms with Gasteiger partial charge in [0.2, 0.25) is 0 Å². The molecule has 0 aliphatic heterocycles. The molecule has 1 aromatic heterocycles. The quantitative estimate of drug-likeness (QED) is 0.723. The van der Waals surface area contributed by atoms with Gasteiger partial charge in [0.05, 0.1) is 0 Å². The third-order valence-corrected chi connectivity index (χ3v) is 2.34. The third kappa shape index (κ3) is 4.34. The van der Waals surface area contributed by atoms with E-state index in [2.05, 4.69) is 25.2 Å². The zero-order valence-electron chi connectivity index (χ0n) is 9.97. The lowest BCUT2D eigenvalue weighted by Crippen LogP contribution is -2.17. The van der Waals surface area contributed by atoms with E-state index in [0.29, 0.717) is 0 Å². The fourth-order valence-corrected chi connectivity index (χ4v) is 1.44. The second-order valence-electron chi connectivity index (χ2n) is 3.78. The fraction of sp³-hybridized carbons (Fsp3) is 0.538. The van der Waals surface area contributed by atoms with Crippen LogP contribution in [-0.2, 0) is 0 Å². The molecule has 0 atom stereocenters. The zero-order chi connectivity index (χ0) is 11.1. The van der Waals surface area contributed by atoms with Gasteiger partial charge >= 0.3 is 0 Å². The molecule has 0 bridgehead atoms. The first-order chi connectivity index (χ1) is 7.26. The second-order valence-corrected chi connectivity index (χ2v) is 3.78. The number of rotatable bonds is 6. The van der Waals surface area contributed by atoms with Gasteiger partial charge in [-0.3, -0.25) is 0 Å². The molecule has 1 rings (SSSR count). The third-order valence-electron chi connectivity index (χ3n) is 2.34. The summed E-state index contributed by atoms with van der Waals surface area (Å²) in [5, 5.41) is 3.40. The Bertz CT molecular complexity index is 312. The molecule has 1 N–H and O–H groups in total. The summed E-state index contributed by atoms with van der Waals surface area (Å²) in [5.41, 5.74) is 1.39. The molecule has 84 valence electrons. The van der Waals surface area contributed by atoms with E-state index in [9.17, 15) is 0 Å². The number of hydrogen-bond acceptors (Lipinski definition) is 2. The summed E-state index contributed by atoms with van der Waals surface area (Å²) in [6.45, 7) is 8.37. The molecule has 0 saturated heterocycles. The molecule has 0 amide bonds. The normalized spacial score (nSPS) is 12.1. The first-order valence-electron chi connectivity index (χ1n) is 5.72. The molecule has 2 nitrogen and oxygen atoms in total. The molecule has 0 spiro atoms. The molecule has 0 fully saturated rings. The topological polar surface area (TPSA) is 25.2 Å². The van der Waals surface area contributed by atoms with Crippen molar-refractivity contribution < 1.29 is 4.42 Å². The van der Waals surface area contributed by atoms with Crippen LogP contribution in [0.3, 0.4) is 0 Å². The largest absolute Gasteiger partial charge is 0.462 e. The Morgan fingerprint density at radius 3 is 2.73 bits per heavy atom. The highest BCUT2D eigenvalue weighted by molar-refractivity contribution is 5.48. The molecule has 1 aromatic rings. The van der Waals surface area contributed by atoms with E-state index in [4.69, 9.17) is 4.42 Å². The standard InChI is InChI=1S/C13H21NO/c1-4-8-14-10-12(5-2)9-13-7-6-11(3)15-13/h6-7,9,14H,4-5,8,10H2,1-3H3.